The highest BCUT2D eigenvalue weighted by Gasteiger charge is 2.23. The van der Waals surface area contributed by atoms with Gasteiger partial charge in [0, 0.05) is 51.4 Å². The van der Waals surface area contributed by atoms with Crippen molar-refractivity contribution >= 4 is 24.1 Å². The third-order valence-corrected chi connectivity index (χ3v) is 10.3. The second-order valence-electron chi connectivity index (χ2n) is 15.9. The van der Waals surface area contributed by atoms with Crippen LogP contribution in [0.3, 0.4) is 0 Å². The first-order chi connectivity index (χ1) is 29.8. The SMILES string of the molecule is CC/C=C\CCCCOC(CCC(=O)OCC(COC(=O)CCCCCCC(=O)OC#CCCCCCC)COC(=O)OCC1CCCN(CC)C1)OCCCC/C=C\CC. The number of piperidine rings is 1. The fraction of sp³-hybridized carbons (Fsp3) is 0.796. The lowest BCUT2D eigenvalue weighted by Crippen LogP contribution is -2.37. The van der Waals surface area contributed by atoms with Crippen LogP contribution in [0.1, 0.15) is 175 Å². The van der Waals surface area contributed by atoms with E-state index in [-0.39, 0.29) is 57.6 Å². The van der Waals surface area contributed by atoms with Gasteiger partial charge in [0.25, 0.3) is 0 Å². The molecule has 0 aliphatic carbocycles. The van der Waals surface area contributed by atoms with Gasteiger partial charge in [-0.2, -0.15) is 0 Å². The normalized spacial score (nSPS) is 14.8. The van der Waals surface area contributed by atoms with Gasteiger partial charge in [0.05, 0.1) is 18.9 Å². The minimum atomic E-state index is -0.797. The average Bonchev–Trinajstić information content (AvgIpc) is 3.27. The molecule has 0 aromatic heterocycles. The number of likely N-dealkylation sites (tertiary alicyclic amines) is 1. The molecule has 12 heteroatoms. The van der Waals surface area contributed by atoms with Crippen LogP contribution < -0.4 is 0 Å². The molecule has 2 atom stereocenters. The second kappa shape index (κ2) is 40.7. The summed E-state index contributed by atoms with van der Waals surface area (Å²) in [6.45, 7) is 12.4. The summed E-state index contributed by atoms with van der Waals surface area (Å²) in [5, 5.41) is 0. The molecular weight excluding hydrogens is 779 g/mol. The van der Waals surface area contributed by atoms with E-state index in [0.717, 1.165) is 116 Å². The first-order valence-corrected chi connectivity index (χ1v) is 23.8. The lowest BCUT2D eigenvalue weighted by atomic mass is 9.99. The number of hydrogen-bond donors (Lipinski definition) is 0. The van der Waals surface area contributed by atoms with Crippen LogP contribution in [0.2, 0.25) is 0 Å². The molecule has 0 N–H and O–H groups in total. The smallest absolute Gasteiger partial charge is 0.465 e. The first kappa shape index (κ1) is 55.6. The van der Waals surface area contributed by atoms with E-state index < -0.39 is 30.3 Å². The van der Waals surface area contributed by atoms with Crippen molar-refractivity contribution in [2.24, 2.45) is 11.8 Å². The van der Waals surface area contributed by atoms with Crippen molar-refractivity contribution in [1.29, 1.82) is 0 Å². The lowest BCUT2D eigenvalue weighted by Gasteiger charge is -2.31. The van der Waals surface area contributed by atoms with Gasteiger partial charge in [0.2, 0.25) is 0 Å². The third-order valence-electron chi connectivity index (χ3n) is 10.3. The number of esters is 3. The first-order valence-electron chi connectivity index (χ1n) is 23.8. The molecule has 61 heavy (non-hydrogen) atoms. The van der Waals surface area contributed by atoms with E-state index in [1.165, 1.54) is 12.8 Å². The van der Waals surface area contributed by atoms with Crippen LogP contribution in [-0.4, -0.2) is 94.5 Å². The predicted molar refractivity (Wildman–Crippen MR) is 239 cm³/mol. The molecule has 0 bridgehead atoms. The zero-order chi connectivity index (χ0) is 44.4. The third kappa shape index (κ3) is 34.8. The van der Waals surface area contributed by atoms with Crippen molar-refractivity contribution in [3.8, 4) is 12.0 Å². The molecule has 1 rings (SSSR count). The van der Waals surface area contributed by atoms with E-state index in [1.807, 2.05) is 0 Å². The molecule has 1 aliphatic rings. The minimum Gasteiger partial charge on any atom is -0.465 e. The molecule has 350 valence electrons. The van der Waals surface area contributed by atoms with Crippen molar-refractivity contribution in [2.75, 3.05) is 59.3 Å². The summed E-state index contributed by atoms with van der Waals surface area (Å²) in [5.74, 6) is 1.38. The molecule has 1 aliphatic heterocycles. The van der Waals surface area contributed by atoms with Gasteiger partial charge >= 0.3 is 24.1 Å². The number of ether oxygens (including phenoxy) is 7. The Kier molecular flexibility index (Phi) is 37.1. The van der Waals surface area contributed by atoms with Crippen LogP contribution in [0.4, 0.5) is 4.79 Å². The van der Waals surface area contributed by atoms with Gasteiger partial charge in [-0.15, -0.1) is 0 Å². The second-order valence-corrected chi connectivity index (χ2v) is 15.9. The Labute approximate surface area is 369 Å². The Morgan fingerprint density at radius 3 is 1.89 bits per heavy atom. The van der Waals surface area contributed by atoms with Gasteiger partial charge in [-0.25, -0.2) is 4.79 Å². The van der Waals surface area contributed by atoms with E-state index in [2.05, 4.69) is 68.9 Å². The van der Waals surface area contributed by atoms with Crippen molar-refractivity contribution in [3.05, 3.63) is 24.3 Å². The van der Waals surface area contributed by atoms with Gasteiger partial charge in [-0.1, -0.05) is 90.0 Å². The van der Waals surface area contributed by atoms with Crippen LogP contribution in [-0.2, 0) is 47.5 Å². The van der Waals surface area contributed by atoms with Gasteiger partial charge in [-0.3, -0.25) is 14.4 Å². The Hall–Kier alpha value is -3.40. The van der Waals surface area contributed by atoms with Gasteiger partial charge < -0.3 is 38.1 Å². The Bertz CT molecular complexity index is 1220. The molecule has 12 nitrogen and oxygen atoms in total. The zero-order valence-corrected chi connectivity index (χ0v) is 38.6. The number of carbonyl (C=O) groups excluding carboxylic acids is 4. The molecule has 0 radical (unpaired) electrons. The molecule has 0 aromatic rings. The summed E-state index contributed by atoms with van der Waals surface area (Å²) in [6, 6.07) is 0. The maximum atomic E-state index is 13.0. The highest BCUT2D eigenvalue weighted by molar-refractivity contribution is 5.70. The van der Waals surface area contributed by atoms with E-state index in [4.69, 9.17) is 33.2 Å². The van der Waals surface area contributed by atoms with Crippen molar-refractivity contribution in [1.82, 2.24) is 4.90 Å². The molecule has 0 amide bonds. The van der Waals surface area contributed by atoms with Gasteiger partial charge in [0.15, 0.2) is 6.29 Å². The highest BCUT2D eigenvalue weighted by atomic mass is 16.7. The minimum absolute atomic E-state index is 0.0823. The Balaban J connectivity index is 2.60. The maximum absolute atomic E-state index is 13.0. The van der Waals surface area contributed by atoms with E-state index in [9.17, 15) is 19.2 Å². The number of unbranched alkanes of at least 4 members (excludes halogenated alkanes) is 11. The summed E-state index contributed by atoms with van der Waals surface area (Å²) in [4.78, 5) is 52.5. The van der Waals surface area contributed by atoms with Crippen molar-refractivity contribution in [2.45, 2.75) is 182 Å². The molecule has 1 saturated heterocycles. The number of allylic oxidation sites excluding steroid dienone is 4. The molecule has 1 heterocycles. The molecule has 0 saturated carbocycles. The predicted octanol–water partition coefficient (Wildman–Crippen LogP) is 10.8. The van der Waals surface area contributed by atoms with Crippen LogP contribution in [0, 0.1) is 23.9 Å². The molecule has 0 aromatic carbocycles. The molecule has 2 unspecified atom stereocenters. The van der Waals surface area contributed by atoms with Crippen LogP contribution in [0.5, 0.6) is 0 Å². The van der Waals surface area contributed by atoms with E-state index in [1.54, 1.807) is 0 Å². The van der Waals surface area contributed by atoms with Gasteiger partial charge in [0.1, 0.15) is 25.9 Å². The Morgan fingerprint density at radius 1 is 0.656 bits per heavy atom. The monoisotopic (exact) mass is 862 g/mol. The number of rotatable bonds is 37. The molecule has 1 fully saturated rings. The number of carbonyl (C=O) groups is 4. The maximum Gasteiger partial charge on any atom is 0.508 e. The highest BCUT2D eigenvalue weighted by Crippen LogP contribution is 2.17. The summed E-state index contributed by atoms with van der Waals surface area (Å²) in [6.07, 6.45) is 28.8. The van der Waals surface area contributed by atoms with Gasteiger partial charge in [-0.05, 0) is 96.6 Å². The topological polar surface area (TPSA) is 136 Å². The van der Waals surface area contributed by atoms with Crippen molar-refractivity contribution in [3.63, 3.8) is 0 Å². The summed E-state index contributed by atoms with van der Waals surface area (Å²) in [5.41, 5.74) is 0. The average molecular weight is 862 g/mol. The summed E-state index contributed by atoms with van der Waals surface area (Å²) >= 11 is 0. The van der Waals surface area contributed by atoms with Crippen LogP contribution in [0.25, 0.3) is 0 Å². The fourth-order valence-corrected chi connectivity index (χ4v) is 6.60. The molecular formula is C49H83NO11. The van der Waals surface area contributed by atoms with Crippen LogP contribution in [0.15, 0.2) is 24.3 Å². The largest absolute Gasteiger partial charge is 0.508 e. The number of hydrogen-bond acceptors (Lipinski definition) is 12. The lowest BCUT2D eigenvalue weighted by molar-refractivity contribution is -0.161. The Morgan fingerprint density at radius 2 is 1.26 bits per heavy atom. The standard InChI is InChI=1S/C49H83NO11/c1-5-9-12-15-20-25-35-55-45(51)30-23-18-19-24-31-46(52)58-40-44(42-61-49(54)60-39-43-29-28-34-50(8-4)38-43)41-59-47(53)32-33-48(56-36-26-21-16-13-10-6-2)57-37-27-22-17-14-11-7-3/h10-11,13-14,43-44,48H,5-9,12,15-24,26-34,36-42H2,1-4H3/b13-10-,14-11-. The number of nitrogens with zero attached hydrogens (tertiary/aromatic N) is 1. The fourth-order valence-electron chi connectivity index (χ4n) is 6.60. The van der Waals surface area contributed by atoms with Crippen molar-refractivity contribution < 1.29 is 52.3 Å². The zero-order valence-electron chi connectivity index (χ0n) is 38.6. The summed E-state index contributed by atoms with van der Waals surface area (Å²) < 4.78 is 39.1. The van der Waals surface area contributed by atoms with Crippen LogP contribution >= 0.6 is 0 Å². The quantitative estimate of drug-likeness (QED) is 0.0147. The molecule has 0 spiro atoms. The van der Waals surface area contributed by atoms with E-state index in [0.29, 0.717) is 32.5 Å². The summed E-state index contributed by atoms with van der Waals surface area (Å²) in [7, 11) is 0. The van der Waals surface area contributed by atoms with E-state index >= 15 is 0 Å².